The number of rotatable bonds is 4. The van der Waals surface area contributed by atoms with Gasteiger partial charge in [0.15, 0.2) is 4.34 Å². The van der Waals surface area contributed by atoms with Gasteiger partial charge < -0.3 is 9.80 Å². The van der Waals surface area contributed by atoms with E-state index in [1.807, 2.05) is 32.2 Å². The van der Waals surface area contributed by atoms with Crippen molar-refractivity contribution in [1.29, 1.82) is 0 Å². The molecule has 112 valence electrons. The summed E-state index contributed by atoms with van der Waals surface area (Å²) in [6, 6.07) is 0. The Balaban J connectivity index is 1.68. The van der Waals surface area contributed by atoms with Gasteiger partial charge in [-0.05, 0) is 6.42 Å². The highest BCUT2D eigenvalue weighted by atomic mass is 32.2. The Hall–Kier alpha value is -1.61. The molecule has 7 nitrogen and oxygen atoms in total. The second kappa shape index (κ2) is 5.64. The van der Waals surface area contributed by atoms with Crippen LogP contribution in [0.3, 0.4) is 0 Å². The predicted octanol–water partition coefficient (Wildman–Crippen LogP) is 1.24. The molecule has 0 saturated carbocycles. The number of amides is 1. The SMILES string of the molecule is CN(C)c1nnc(S[C@H]2CCN(c3cnn(C)c3)C2=O)s1. The summed E-state index contributed by atoms with van der Waals surface area (Å²) in [5.74, 6) is 0.120. The number of hydrogen-bond acceptors (Lipinski definition) is 7. The van der Waals surface area contributed by atoms with Crippen LogP contribution in [0.25, 0.3) is 0 Å². The van der Waals surface area contributed by atoms with Gasteiger partial charge >= 0.3 is 0 Å². The van der Waals surface area contributed by atoms with Crippen molar-refractivity contribution >= 4 is 39.8 Å². The molecule has 1 fully saturated rings. The van der Waals surface area contributed by atoms with E-state index in [1.54, 1.807) is 15.8 Å². The first-order valence-corrected chi connectivity index (χ1v) is 8.21. The third-order valence-corrected chi connectivity index (χ3v) is 5.61. The van der Waals surface area contributed by atoms with E-state index in [-0.39, 0.29) is 11.2 Å². The minimum absolute atomic E-state index is 0.0897. The van der Waals surface area contributed by atoms with Crippen LogP contribution in [0.5, 0.6) is 0 Å². The molecule has 21 heavy (non-hydrogen) atoms. The minimum Gasteiger partial charge on any atom is -0.353 e. The summed E-state index contributed by atoms with van der Waals surface area (Å²) in [5.41, 5.74) is 0.858. The Morgan fingerprint density at radius 1 is 1.43 bits per heavy atom. The van der Waals surface area contributed by atoms with Crippen LogP contribution in [0.4, 0.5) is 10.8 Å². The number of anilines is 2. The molecule has 0 spiro atoms. The van der Waals surface area contributed by atoms with Gasteiger partial charge in [-0.2, -0.15) is 5.10 Å². The maximum Gasteiger partial charge on any atom is 0.240 e. The first kappa shape index (κ1) is 14.3. The number of thioether (sulfide) groups is 1. The monoisotopic (exact) mass is 324 g/mol. The number of nitrogens with zero attached hydrogens (tertiary/aromatic N) is 6. The third-order valence-electron chi connectivity index (χ3n) is 3.18. The molecule has 0 bridgehead atoms. The zero-order chi connectivity index (χ0) is 15.0. The Kier molecular flexibility index (Phi) is 3.85. The van der Waals surface area contributed by atoms with E-state index >= 15 is 0 Å². The molecule has 0 aliphatic carbocycles. The first-order chi connectivity index (χ1) is 10.0. The molecule has 0 N–H and O–H groups in total. The van der Waals surface area contributed by atoms with E-state index in [0.717, 1.165) is 28.1 Å². The third kappa shape index (κ3) is 2.88. The number of carbonyl (C=O) groups excluding carboxylic acids is 1. The van der Waals surface area contributed by atoms with Crippen molar-refractivity contribution in [1.82, 2.24) is 20.0 Å². The van der Waals surface area contributed by atoms with Crippen molar-refractivity contribution in [2.24, 2.45) is 7.05 Å². The molecule has 0 aromatic carbocycles. The molecule has 3 rings (SSSR count). The highest BCUT2D eigenvalue weighted by Crippen LogP contribution is 2.35. The molecule has 0 unspecified atom stereocenters. The molecular formula is C12H16N6OS2. The van der Waals surface area contributed by atoms with Crippen LogP contribution < -0.4 is 9.80 Å². The van der Waals surface area contributed by atoms with Crippen molar-refractivity contribution < 1.29 is 4.79 Å². The molecule has 9 heteroatoms. The van der Waals surface area contributed by atoms with Gasteiger partial charge in [0.2, 0.25) is 11.0 Å². The normalized spacial score (nSPS) is 18.5. The van der Waals surface area contributed by atoms with Crippen LogP contribution in [0, 0.1) is 0 Å². The largest absolute Gasteiger partial charge is 0.353 e. The lowest BCUT2D eigenvalue weighted by Gasteiger charge is -2.13. The van der Waals surface area contributed by atoms with E-state index in [1.165, 1.54) is 23.1 Å². The number of hydrogen-bond donors (Lipinski definition) is 0. The summed E-state index contributed by atoms with van der Waals surface area (Å²) in [6.07, 6.45) is 4.40. The van der Waals surface area contributed by atoms with Crippen molar-refractivity contribution in [2.75, 3.05) is 30.4 Å². The van der Waals surface area contributed by atoms with Crippen molar-refractivity contribution in [2.45, 2.75) is 16.0 Å². The highest BCUT2D eigenvalue weighted by molar-refractivity contribution is 8.02. The van der Waals surface area contributed by atoms with Gasteiger partial charge in [0.1, 0.15) is 0 Å². The lowest BCUT2D eigenvalue weighted by molar-refractivity contribution is -0.116. The number of carbonyl (C=O) groups is 1. The maximum absolute atomic E-state index is 12.5. The summed E-state index contributed by atoms with van der Waals surface area (Å²) in [6.45, 7) is 0.724. The van der Waals surface area contributed by atoms with Crippen molar-refractivity contribution in [3.8, 4) is 0 Å². The number of aryl methyl sites for hydroxylation is 1. The quantitative estimate of drug-likeness (QED) is 0.843. The Labute approximate surface area is 130 Å². The van der Waals surface area contributed by atoms with Gasteiger partial charge in [-0.25, -0.2) is 0 Å². The van der Waals surface area contributed by atoms with Crippen LogP contribution >= 0.6 is 23.1 Å². The molecule has 1 amide bonds. The van der Waals surface area contributed by atoms with E-state index < -0.39 is 0 Å². The van der Waals surface area contributed by atoms with Crippen LogP contribution in [-0.4, -0.2) is 51.8 Å². The van der Waals surface area contributed by atoms with Crippen LogP contribution in [-0.2, 0) is 11.8 Å². The highest BCUT2D eigenvalue weighted by Gasteiger charge is 2.34. The van der Waals surface area contributed by atoms with E-state index in [2.05, 4.69) is 15.3 Å². The average molecular weight is 324 g/mol. The van der Waals surface area contributed by atoms with Gasteiger partial charge in [0, 0.05) is 33.9 Å². The number of aromatic nitrogens is 4. The standard InChI is InChI=1S/C12H16N6OS2/c1-16(2)11-14-15-12(21-11)20-9-4-5-18(10(9)19)8-6-13-17(3)7-8/h6-7,9H,4-5H2,1-3H3/t9-/m0/s1. The average Bonchev–Trinajstić information content (AvgIpc) is 3.13. The summed E-state index contributed by atoms with van der Waals surface area (Å²) in [4.78, 5) is 16.2. The van der Waals surface area contributed by atoms with Gasteiger partial charge in [-0.1, -0.05) is 23.1 Å². The zero-order valence-corrected chi connectivity index (χ0v) is 13.7. The van der Waals surface area contributed by atoms with E-state index in [4.69, 9.17) is 0 Å². The molecule has 0 radical (unpaired) electrons. The van der Waals surface area contributed by atoms with E-state index in [9.17, 15) is 4.79 Å². The molecule has 1 aliphatic heterocycles. The predicted molar refractivity (Wildman–Crippen MR) is 84.1 cm³/mol. The summed E-state index contributed by atoms with van der Waals surface area (Å²) < 4.78 is 2.54. The zero-order valence-electron chi connectivity index (χ0n) is 12.1. The first-order valence-electron chi connectivity index (χ1n) is 6.52. The smallest absolute Gasteiger partial charge is 0.240 e. The van der Waals surface area contributed by atoms with E-state index in [0.29, 0.717) is 0 Å². The topological polar surface area (TPSA) is 67.2 Å². The molecule has 1 atom stereocenters. The molecule has 2 aromatic heterocycles. The lowest BCUT2D eigenvalue weighted by Crippen LogP contribution is -2.27. The second-order valence-electron chi connectivity index (χ2n) is 5.00. The van der Waals surface area contributed by atoms with Gasteiger partial charge in [-0.3, -0.25) is 9.48 Å². The molecule has 1 aliphatic rings. The second-order valence-corrected chi connectivity index (χ2v) is 7.41. The molecule has 2 aromatic rings. The fourth-order valence-corrected chi connectivity index (χ4v) is 4.17. The van der Waals surface area contributed by atoms with Gasteiger partial charge in [-0.15, -0.1) is 10.2 Å². The fraction of sp³-hybridized carbons (Fsp3) is 0.500. The minimum atomic E-state index is -0.0897. The Morgan fingerprint density at radius 2 is 2.24 bits per heavy atom. The summed E-state index contributed by atoms with van der Waals surface area (Å²) >= 11 is 3.01. The maximum atomic E-state index is 12.5. The van der Waals surface area contributed by atoms with Crippen LogP contribution in [0.2, 0.25) is 0 Å². The Morgan fingerprint density at radius 3 is 2.86 bits per heavy atom. The molecular weight excluding hydrogens is 308 g/mol. The Bertz CT molecular complexity index is 652. The summed E-state index contributed by atoms with van der Waals surface area (Å²) in [7, 11) is 5.71. The van der Waals surface area contributed by atoms with Crippen LogP contribution in [0.15, 0.2) is 16.7 Å². The molecule has 3 heterocycles. The fourth-order valence-electron chi connectivity index (χ4n) is 2.12. The van der Waals surface area contributed by atoms with Gasteiger partial charge in [0.05, 0.1) is 17.1 Å². The lowest BCUT2D eigenvalue weighted by atomic mass is 10.4. The summed E-state index contributed by atoms with van der Waals surface area (Å²) in [5, 5.41) is 13.1. The molecule has 1 saturated heterocycles. The van der Waals surface area contributed by atoms with Crippen LogP contribution in [0.1, 0.15) is 6.42 Å². The van der Waals surface area contributed by atoms with Crippen molar-refractivity contribution in [3.05, 3.63) is 12.4 Å². The van der Waals surface area contributed by atoms with Crippen molar-refractivity contribution in [3.63, 3.8) is 0 Å². The van der Waals surface area contributed by atoms with Gasteiger partial charge in [0.25, 0.3) is 0 Å².